The molecule has 168 valence electrons. The minimum atomic E-state index is -0.519. The van der Waals surface area contributed by atoms with Gasteiger partial charge in [-0.25, -0.2) is 0 Å². The fraction of sp³-hybridized carbons (Fsp3) is 0.160. The number of carbonyl (C=O) groups is 2. The van der Waals surface area contributed by atoms with E-state index in [0.717, 1.165) is 28.2 Å². The normalized spacial score (nSPS) is 15.4. The fourth-order valence-corrected chi connectivity index (χ4v) is 4.66. The van der Waals surface area contributed by atoms with E-state index >= 15 is 0 Å². The molecule has 0 spiro atoms. The minimum absolute atomic E-state index is 0.0133. The summed E-state index contributed by atoms with van der Waals surface area (Å²) in [7, 11) is 0. The first-order valence-corrected chi connectivity index (χ1v) is 12.1. The number of benzene rings is 2. The lowest BCUT2D eigenvalue weighted by atomic mass is 10.1. The summed E-state index contributed by atoms with van der Waals surface area (Å²) in [5.41, 5.74) is 6.34. The summed E-state index contributed by atoms with van der Waals surface area (Å²) in [5, 5.41) is 3.17. The highest BCUT2D eigenvalue weighted by Gasteiger charge is 2.35. The van der Waals surface area contributed by atoms with Crippen molar-refractivity contribution in [2.75, 3.05) is 4.90 Å². The highest BCUT2D eigenvalue weighted by Crippen LogP contribution is 2.29. The number of nitrogens with zero attached hydrogens (tertiary/aromatic N) is 2. The topological polar surface area (TPSA) is 54.3 Å². The van der Waals surface area contributed by atoms with E-state index in [2.05, 4.69) is 57.6 Å². The number of nitrogens with one attached hydrogen (secondary N) is 1. The maximum atomic E-state index is 13.4. The van der Waals surface area contributed by atoms with Crippen LogP contribution in [0.5, 0.6) is 0 Å². The summed E-state index contributed by atoms with van der Waals surface area (Å²) in [4.78, 5) is 27.4. The van der Waals surface area contributed by atoms with E-state index in [0.29, 0.717) is 10.7 Å². The third-order valence-electron chi connectivity index (χ3n) is 5.69. The van der Waals surface area contributed by atoms with E-state index in [4.69, 9.17) is 23.8 Å². The Morgan fingerprint density at radius 3 is 2.33 bits per heavy atom. The van der Waals surface area contributed by atoms with Crippen LogP contribution >= 0.6 is 46.4 Å². The lowest BCUT2D eigenvalue weighted by molar-refractivity contribution is -0.122. The third kappa shape index (κ3) is 4.37. The van der Waals surface area contributed by atoms with Crippen molar-refractivity contribution in [2.45, 2.75) is 27.7 Å². The molecule has 2 heterocycles. The van der Waals surface area contributed by atoms with Gasteiger partial charge in [-0.15, -0.1) is 0 Å². The van der Waals surface area contributed by atoms with Crippen LogP contribution in [0.3, 0.4) is 0 Å². The molecule has 3 aromatic rings. The molecule has 8 heteroatoms. The van der Waals surface area contributed by atoms with Gasteiger partial charge in [-0.1, -0.05) is 17.7 Å². The predicted octanol–water partition coefficient (Wildman–Crippen LogP) is 5.80. The Hall–Kier alpha value is -2.49. The van der Waals surface area contributed by atoms with Crippen molar-refractivity contribution in [2.24, 2.45) is 0 Å². The van der Waals surface area contributed by atoms with Crippen LogP contribution in [-0.4, -0.2) is 21.5 Å². The number of carbonyl (C=O) groups excluding carboxylic acids is 2. The van der Waals surface area contributed by atoms with Gasteiger partial charge in [0.15, 0.2) is 5.11 Å². The number of halogens is 2. The van der Waals surface area contributed by atoms with Crippen LogP contribution in [0.4, 0.5) is 5.69 Å². The van der Waals surface area contributed by atoms with Gasteiger partial charge in [0.2, 0.25) is 0 Å². The van der Waals surface area contributed by atoms with Gasteiger partial charge in [0.05, 0.1) is 5.69 Å². The molecule has 1 aromatic heterocycles. The van der Waals surface area contributed by atoms with Crippen molar-refractivity contribution in [3.63, 3.8) is 0 Å². The number of aryl methyl sites for hydroxylation is 3. The summed E-state index contributed by atoms with van der Waals surface area (Å²) >= 11 is 13.9. The fourth-order valence-electron chi connectivity index (χ4n) is 3.87. The molecule has 0 bridgehead atoms. The number of hydrogen-bond donors (Lipinski definition) is 1. The number of aromatic nitrogens is 1. The van der Waals surface area contributed by atoms with Crippen LogP contribution in [0.25, 0.3) is 11.8 Å². The van der Waals surface area contributed by atoms with Crippen molar-refractivity contribution in [3.05, 3.63) is 84.7 Å². The molecule has 0 aliphatic carbocycles. The van der Waals surface area contributed by atoms with Gasteiger partial charge in [-0.2, -0.15) is 0 Å². The second-order valence-corrected chi connectivity index (χ2v) is 9.94. The van der Waals surface area contributed by atoms with Gasteiger partial charge in [-0.3, -0.25) is 19.8 Å². The number of thiocarbonyl (C=S) groups is 1. The van der Waals surface area contributed by atoms with Gasteiger partial charge in [0.1, 0.15) is 5.57 Å². The second-order valence-electron chi connectivity index (χ2n) is 7.99. The maximum absolute atomic E-state index is 13.4. The average molecular weight is 590 g/mol. The summed E-state index contributed by atoms with van der Waals surface area (Å²) < 4.78 is 3.31. The zero-order valence-electron chi connectivity index (χ0n) is 18.5. The van der Waals surface area contributed by atoms with E-state index < -0.39 is 11.8 Å². The highest BCUT2D eigenvalue weighted by atomic mass is 127. The number of anilines is 1. The molecule has 0 unspecified atom stereocenters. The van der Waals surface area contributed by atoms with Crippen LogP contribution in [0.1, 0.15) is 28.1 Å². The van der Waals surface area contributed by atoms with E-state index in [-0.39, 0.29) is 10.7 Å². The first-order chi connectivity index (χ1) is 15.6. The summed E-state index contributed by atoms with van der Waals surface area (Å²) in [6.45, 7) is 7.92. The van der Waals surface area contributed by atoms with Gasteiger partial charge in [0, 0.05) is 25.7 Å². The molecule has 33 heavy (non-hydrogen) atoms. The zero-order valence-corrected chi connectivity index (χ0v) is 22.2. The molecular weight excluding hydrogens is 569 g/mol. The lowest BCUT2D eigenvalue weighted by Gasteiger charge is -2.29. The largest absolute Gasteiger partial charge is 0.318 e. The molecule has 1 N–H and O–H groups in total. The summed E-state index contributed by atoms with van der Waals surface area (Å²) in [6.07, 6.45) is 1.63. The lowest BCUT2D eigenvalue weighted by Crippen LogP contribution is -2.54. The number of rotatable bonds is 3. The predicted molar refractivity (Wildman–Crippen MR) is 145 cm³/mol. The number of amides is 2. The van der Waals surface area contributed by atoms with E-state index in [1.807, 2.05) is 32.9 Å². The van der Waals surface area contributed by atoms with E-state index in [9.17, 15) is 9.59 Å². The molecule has 1 fully saturated rings. The van der Waals surface area contributed by atoms with Crippen molar-refractivity contribution in [1.82, 2.24) is 9.88 Å². The molecule has 4 rings (SSSR count). The van der Waals surface area contributed by atoms with Crippen LogP contribution in [0.2, 0.25) is 5.02 Å². The average Bonchev–Trinajstić information content (AvgIpc) is 3.03. The molecule has 5 nitrogen and oxygen atoms in total. The van der Waals surface area contributed by atoms with Gasteiger partial charge < -0.3 is 4.57 Å². The van der Waals surface area contributed by atoms with Crippen LogP contribution in [-0.2, 0) is 9.59 Å². The van der Waals surface area contributed by atoms with E-state index in [1.165, 1.54) is 14.0 Å². The first kappa shape index (κ1) is 23.7. The van der Waals surface area contributed by atoms with Crippen LogP contribution in [0.15, 0.2) is 48.0 Å². The second kappa shape index (κ2) is 9.04. The van der Waals surface area contributed by atoms with Crippen molar-refractivity contribution < 1.29 is 9.59 Å². The summed E-state index contributed by atoms with van der Waals surface area (Å²) in [5.74, 6) is -1.01. The van der Waals surface area contributed by atoms with Crippen molar-refractivity contribution in [1.29, 1.82) is 0 Å². The standard InChI is InChI=1S/C25H21ClIN3O2S/c1-13-5-6-19(12-21(13)26)30-24(32)20(23(31)28-25(30)33)11-17-10-15(3)29(16(17)4)18-7-8-22(27)14(2)9-18/h5-12H,1-4H3,(H,28,31,33)/b20-11-. The first-order valence-electron chi connectivity index (χ1n) is 10.2. The Morgan fingerprint density at radius 2 is 1.67 bits per heavy atom. The van der Waals surface area contributed by atoms with Crippen LogP contribution in [0, 0.1) is 31.3 Å². The minimum Gasteiger partial charge on any atom is -0.318 e. The highest BCUT2D eigenvalue weighted by molar-refractivity contribution is 14.1. The Kier molecular flexibility index (Phi) is 6.48. The molecule has 1 aliphatic rings. The number of hydrogen-bond acceptors (Lipinski definition) is 3. The van der Waals surface area contributed by atoms with Crippen LogP contribution < -0.4 is 10.2 Å². The third-order valence-corrected chi connectivity index (χ3v) is 7.59. The quantitative estimate of drug-likeness (QED) is 0.182. The monoisotopic (exact) mass is 589 g/mol. The molecular formula is C25H21ClIN3O2S. The molecule has 2 amide bonds. The Labute approximate surface area is 216 Å². The smallest absolute Gasteiger partial charge is 0.270 e. The molecule has 1 saturated heterocycles. The van der Waals surface area contributed by atoms with Crippen molar-refractivity contribution >= 4 is 75.1 Å². The Bertz CT molecular complexity index is 1380. The molecule has 0 saturated carbocycles. The van der Waals surface area contributed by atoms with Crippen molar-refractivity contribution in [3.8, 4) is 5.69 Å². The summed E-state index contributed by atoms with van der Waals surface area (Å²) in [6, 6.07) is 13.5. The molecule has 0 radical (unpaired) electrons. The zero-order chi connectivity index (χ0) is 24.0. The van der Waals surface area contributed by atoms with Gasteiger partial charge >= 0.3 is 0 Å². The van der Waals surface area contributed by atoms with Gasteiger partial charge in [0.25, 0.3) is 11.8 Å². The molecule has 0 atom stereocenters. The van der Waals surface area contributed by atoms with Gasteiger partial charge in [-0.05, 0) is 122 Å². The molecule has 1 aliphatic heterocycles. The van der Waals surface area contributed by atoms with E-state index in [1.54, 1.807) is 18.2 Å². The Balaban J connectivity index is 1.77. The SMILES string of the molecule is Cc1ccc(N2C(=O)/C(=C\c3cc(C)n(-c4ccc(I)c(C)c4)c3C)C(=O)NC2=S)cc1Cl. The Morgan fingerprint density at radius 1 is 0.970 bits per heavy atom. The molecule has 2 aromatic carbocycles. The maximum Gasteiger partial charge on any atom is 0.270 e.